The molecule has 0 radical (unpaired) electrons. The molecule has 1 aromatic heterocycles. The van der Waals surface area contributed by atoms with Gasteiger partial charge in [-0.2, -0.15) is 0 Å². The maximum atomic E-state index is 12.9. The summed E-state index contributed by atoms with van der Waals surface area (Å²) in [7, 11) is 5.54. The Morgan fingerprint density at radius 3 is 2.45 bits per heavy atom. The van der Waals surface area contributed by atoms with Crippen molar-refractivity contribution in [2.24, 2.45) is 0 Å². The van der Waals surface area contributed by atoms with Crippen LogP contribution in [0.2, 0.25) is 5.02 Å². The van der Waals surface area contributed by atoms with E-state index in [0.717, 1.165) is 16.0 Å². The van der Waals surface area contributed by atoms with Gasteiger partial charge in [-0.1, -0.05) is 22.9 Å². The minimum absolute atomic E-state index is 0. The lowest BCUT2D eigenvalue weighted by Crippen LogP contribution is -2.39. The van der Waals surface area contributed by atoms with Crippen LogP contribution in [0, 0.1) is 0 Å². The van der Waals surface area contributed by atoms with Gasteiger partial charge >= 0.3 is 0 Å². The number of hydrogen-bond acceptors (Lipinski definition) is 6. The third kappa shape index (κ3) is 6.21. The lowest BCUT2D eigenvalue weighted by atomic mass is 10.3. The van der Waals surface area contributed by atoms with Gasteiger partial charge in [0.1, 0.15) is 11.5 Å². The molecule has 0 saturated heterocycles. The molecular weight excluding hydrogens is 433 g/mol. The van der Waals surface area contributed by atoms with E-state index in [4.69, 9.17) is 21.1 Å². The normalized spacial score (nSPS) is 10.7. The van der Waals surface area contributed by atoms with Crippen LogP contribution in [-0.4, -0.2) is 56.7 Å². The molecule has 29 heavy (non-hydrogen) atoms. The zero-order chi connectivity index (χ0) is 20.1. The molecule has 2 aromatic carbocycles. The van der Waals surface area contributed by atoms with Crippen molar-refractivity contribution in [1.29, 1.82) is 0 Å². The van der Waals surface area contributed by atoms with E-state index in [1.807, 2.05) is 31.1 Å². The smallest absolute Gasteiger partial charge is 0.266 e. The highest BCUT2D eigenvalue weighted by Gasteiger charge is 2.20. The minimum atomic E-state index is -0.150. The second kappa shape index (κ2) is 10.6. The van der Waals surface area contributed by atoms with E-state index >= 15 is 0 Å². The first-order valence-corrected chi connectivity index (χ1v) is 9.94. The molecule has 156 valence electrons. The van der Waals surface area contributed by atoms with Crippen molar-refractivity contribution in [2.75, 3.05) is 45.8 Å². The van der Waals surface area contributed by atoms with E-state index < -0.39 is 0 Å². The quantitative estimate of drug-likeness (QED) is 0.505. The number of methoxy groups -OCH3 is 1. The molecule has 0 spiro atoms. The molecule has 0 atom stereocenters. The SMILES string of the molecule is COc1ccc(OCC(=O)N(CCN(C)C)c2nc3ccc(Cl)cc3s2)cc1.Cl. The number of amides is 1. The molecule has 0 N–H and O–H groups in total. The Morgan fingerprint density at radius 1 is 1.10 bits per heavy atom. The number of ether oxygens (including phenoxy) is 2. The Kier molecular flexibility index (Phi) is 8.52. The molecule has 0 bridgehead atoms. The monoisotopic (exact) mass is 455 g/mol. The molecule has 0 saturated carbocycles. The number of aromatic nitrogens is 1. The van der Waals surface area contributed by atoms with E-state index in [1.165, 1.54) is 11.3 Å². The first-order chi connectivity index (χ1) is 13.5. The first-order valence-electron chi connectivity index (χ1n) is 8.74. The lowest BCUT2D eigenvalue weighted by molar-refractivity contribution is -0.120. The van der Waals surface area contributed by atoms with E-state index in [1.54, 1.807) is 42.3 Å². The molecule has 6 nitrogen and oxygen atoms in total. The average Bonchev–Trinajstić information content (AvgIpc) is 3.09. The summed E-state index contributed by atoms with van der Waals surface area (Å²) in [5, 5.41) is 1.29. The van der Waals surface area contributed by atoms with Crippen molar-refractivity contribution >= 4 is 56.6 Å². The van der Waals surface area contributed by atoms with Crippen LogP contribution in [-0.2, 0) is 4.79 Å². The van der Waals surface area contributed by atoms with E-state index in [0.29, 0.717) is 29.0 Å². The van der Waals surface area contributed by atoms with Crippen LogP contribution in [0.1, 0.15) is 0 Å². The summed E-state index contributed by atoms with van der Waals surface area (Å²) in [4.78, 5) is 21.2. The summed E-state index contributed by atoms with van der Waals surface area (Å²) in [5.74, 6) is 1.19. The molecule has 0 aliphatic heterocycles. The highest BCUT2D eigenvalue weighted by Crippen LogP contribution is 2.31. The summed E-state index contributed by atoms with van der Waals surface area (Å²) < 4.78 is 11.7. The summed E-state index contributed by atoms with van der Waals surface area (Å²) in [6.45, 7) is 1.16. The number of carbonyl (C=O) groups is 1. The lowest BCUT2D eigenvalue weighted by Gasteiger charge is -2.22. The predicted octanol–water partition coefficient (Wildman–Crippen LogP) is 4.35. The van der Waals surface area contributed by atoms with Crippen LogP contribution in [0.25, 0.3) is 10.2 Å². The molecule has 9 heteroatoms. The van der Waals surface area contributed by atoms with Crippen LogP contribution in [0.4, 0.5) is 5.13 Å². The summed E-state index contributed by atoms with van der Waals surface area (Å²) in [6, 6.07) is 12.7. The number of benzene rings is 2. The van der Waals surface area contributed by atoms with Crippen LogP contribution in [0.3, 0.4) is 0 Å². The minimum Gasteiger partial charge on any atom is -0.497 e. The van der Waals surface area contributed by atoms with Gasteiger partial charge in [-0.3, -0.25) is 9.69 Å². The number of thiazole rings is 1. The van der Waals surface area contributed by atoms with Crippen molar-refractivity contribution in [3.63, 3.8) is 0 Å². The second-order valence-electron chi connectivity index (χ2n) is 6.42. The number of fused-ring (bicyclic) bond motifs is 1. The van der Waals surface area contributed by atoms with Crippen LogP contribution in [0.15, 0.2) is 42.5 Å². The third-order valence-corrected chi connectivity index (χ3v) is 5.34. The third-order valence-electron chi connectivity index (χ3n) is 4.06. The summed E-state index contributed by atoms with van der Waals surface area (Å²) in [5.41, 5.74) is 0.822. The first kappa shape index (κ1) is 23.2. The zero-order valence-electron chi connectivity index (χ0n) is 16.4. The molecule has 0 aliphatic carbocycles. The highest BCUT2D eigenvalue weighted by molar-refractivity contribution is 7.22. The molecule has 0 unspecified atom stereocenters. The molecular formula is C20H23Cl2N3O3S. The largest absolute Gasteiger partial charge is 0.497 e. The van der Waals surface area contributed by atoms with E-state index in [-0.39, 0.29) is 24.9 Å². The van der Waals surface area contributed by atoms with E-state index in [9.17, 15) is 4.79 Å². The fourth-order valence-electron chi connectivity index (χ4n) is 2.52. The second-order valence-corrected chi connectivity index (χ2v) is 7.87. The Hall–Kier alpha value is -2.06. The van der Waals surface area contributed by atoms with Gasteiger partial charge < -0.3 is 14.4 Å². The Labute approximate surface area is 185 Å². The van der Waals surface area contributed by atoms with Crippen molar-refractivity contribution in [2.45, 2.75) is 0 Å². The van der Waals surface area contributed by atoms with E-state index in [2.05, 4.69) is 4.98 Å². The molecule has 1 heterocycles. The van der Waals surface area contributed by atoms with Crippen molar-refractivity contribution < 1.29 is 14.3 Å². The molecule has 1 amide bonds. The molecule has 0 aliphatic rings. The fourth-order valence-corrected chi connectivity index (χ4v) is 3.81. The Bertz CT molecular complexity index is 948. The molecule has 3 aromatic rings. The van der Waals surface area contributed by atoms with Gasteiger partial charge in [-0.25, -0.2) is 4.98 Å². The molecule has 3 rings (SSSR count). The van der Waals surface area contributed by atoms with Gasteiger partial charge in [0.05, 0.1) is 17.3 Å². The fraction of sp³-hybridized carbons (Fsp3) is 0.300. The zero-order valence-corrected chi connectivity index (χ0v) is 18.8. The number of carbonyl (C=O) groups excluding carboxylic acids is 1. The standard InChI is InChI=1S/C20H22ClN3O3S.ClH/c1-23(2)10-11-24(20-22-17-9-4-14(21)12-18(17)28-20)19(25)13-27-16-7-5-15(26-3)6-8-16;/h4-9,12H,10-11,13H2,1-3H3;1H. The van der Waals surface area contributed by atoms with Gasteiger partial charge in [-0.15, -0.1) is 12.4 Å². The van der Waals surface area contributed by atoms with Gasteiger partial charge in [0, 0.05) is 18.1 Å². The number of halogens is 2. The van der Waals surface area contributed by atoms with Gasteiger partial charge in [0.15, 0.2) is 11.7 Å². The van der Waals surface area contributed by atoms with Gasteiger partial charge in [0.25, 0.3) is 5.91 Å². The summed E-state index contributed by atoms with van der Waals surface area (Å²) >= 11 is 7.52. The van der Waals surface area contributed by atoms with Crippen molar-refractivity contribution in [1.82, 2.24) is 9.88 Å². The Morgan fingerprint density at radius 2 is 1.79 bits per heavy atom. The maximum Gasteiger partial charge on any atom is 0.266 e. The van der Waals surface area contributed by atoms with Gasteiger partial charge in [0.2, 0.25) is 0 Å². The predicted molar refractivity (Wildman–Crippen MR) is 121 cm³/mol. The maximum absolute atomic E-state index is 12.9. The van der Waals surface area contributed by atoms with Gasteiger partial charge in [-0.05, 0) is 56.6 Å². The topological polar surface area (TPSA) is 54.9 Å². The number of nitrogens with zero attached hydrogens (tertiary/aromatic N) is 3. The summed E-state index contributed by atoms with van der Waals surface area (Å²) in [6.07, 6.45) is 0. The van der Waals surface area contributed by atoms with Crippen LogP contribution >= 0.6 is 35.3 Å². The average molecular weight is 456 g/mol. The number of hydrogen-bond donors (Lipinski definition) is 0. The highest BCUT2D eigenvalue weighted by atomic mass is 35.5. The Balaban J connectivity index is 0.00000300. The van der Waals surface area contributed by atoms with Crippen molar-refractivity contribution in [3.8, 4) is 11.5 Å². The van der Waals surface area contributed by atoms with Crippen LogP contribution < -0.4 is 14.4 Å². The van der Waals surface area contributed by atoms with Crippen LogP contribution in [0.5, 0.6) is 11.5 Å². The number of likely N-dealkylation sites (N-methyl/N-ethyl adjacent to an activating group) is 1. The number of rotatable bonds is 8. The van der Waals surface area contributed by atoms with Crippen molar-refractivity contribution in [3.05, 3.63) is 47.5 Å². The molecule has 0 fully saturated rings. The number of anilines is 1.